The molecular formula is C19H22N4OS. The number of hydrogen-bond donors (Lipinski definition) is 1. The monoisotopic (exact) mass is 354 g/mol. The molecule has 0 saturated heterocycles. The average molecular weight is 354 g/mol. The smallest absolute Gasteiger partial charge is 0.276 e. The number of nitrogens with zero attached hydrogens (tertiary/aromatic N) is 3. The molecule has 0 unspecified atom stereocenters. The molecule has 1 amide bonds. The molecule has 130 valence electrons. The van der Waals surface area contributed by atoms with Crippen LogP contribution in [0.25, 0.3) is 0 Å². The molecule has 1 N–H and O–H groups in total. The van der Waals surface area contributed by atoms with Gasteiger partial charge in [-0.1, -0.05) is 17.4 Å². The Balaban J connectivity index is 1.36. The third kappa shape index (κ3) is 2.67. The quantitative estimate of drug-likeness (QED) is 0.906. The van der Waals surface area contributed by atoms with E-state index in [0.29, 0.717) is 10.8 Å². The van der Waals surface area contributed by atoms with Crippen LogP contribution < -0.4 is 5.32 Å². The summed E-state index contributed by atoms with van der Waals surface area (Å²) in [5.74, 6) is 2.43. The van der Waals surface area contributed by atoms with Crippen molar-refractivity contribution in [2.24, 2.45) is 17.8 Å². The van der Waals surface area contributed by atoms with Crippen molar-refractivity contribution in [2.75, 3.05) is 5.32 Å². The van der Waals surface area contributed by atoms with Crippen molar-refractivity contribution in [3.8, 4) is 0 Å². The van der Waals surface area contributed by atoms with Crippen molar-refractivity contribution in [2.45, 2.75) is 50.9 Å². The molecule has 4 bridgehead atoms. The van der Waals surface area contributed by atoms with Crippen molar-refractivity contribution in [3.63, 3.8) is 0 Å². The van der Waals surface area contributed by atoms with Gasteiger partial charge in [0.1, 0.15) is 10.7 Å². The number of aryl methyl sites for hydroxylation is 1. The molecule has 2 heterocycles. The molecular weight excluding hydrogens is 332 g/mol. The van der Waals surface area contributed by atoms with Crippen molar-refractivity contribution in [1.29, 1.82) is 0 Å². The number of aromatic nitrogens is 3. The molecule has 25 heavy (non-hydrogen) atoms. The Morgan fingerprint density at radius 1 is 1.12 bits per heavy atom. The van der Waals surface area contributed by atoms with Crippen LogP contribution in [0.15, 0.2) is 18.2 Å². The molecule has 4 aliphatic carbocycles. The van der Waals surface area contributed by atoms with E-state index >= 15 is 0 Å². The van der Waals surface area contributed by atoms with Gasteiger partial charge in [0.15, 0.2) is 0 Å². The first kappa shape index (κ1) is 15.4. The predicted molar refractivity (Wildman–Crippen MR) is 96.7 cm³/mol. The van der Waals surface area contributed by atoms with E-state index in [2.05, 4.69) is 20.5 Å². The Bertz CT molecular complexity index is 795. The second-order valence-corrected chi connectivity index (χ2v) is 9.21. The second kappa shape index (κ2) is 5.59. The van der Waals surface area contributed by atoms with Crippen LogP contribution in [0.2, 0.25) is 0 Å². The molecule has 4 saturated carbocycles. The minimum absolute atomic E-state index is 0.211. The van der Waals surface area contributed by atoms with Gasteiger partial charge in [0, 0.05) is 11.1 Å². The van der Waals surface area contributed by atoms with Crippen LogP contribution in [0.4, 0.5) is 5.13 Å². The fourth-order valence-electron chi connectivity index (χ4n) is 5.69. The Morgan fingerprint density at radius 2 is 1.80 bits per heavy atom. The molecule has 0 aromatic carbocycles. The first-order chi connectivity index (χ1) is 12.1. The van der Waals surface area contributed by atoms with Gasteiger partial charge in [0.05, 0.1) is 0 Å². The molecule has 6 heteroatoms. The van der Waals surface area contributed by atoms with Gasteiger partial charge in [0.2, 0.25) is 5.13 Å². The largest absolute Gasteiger partial charge is 0.295 e. The van der Waals surface area contributed by atoms with E-state index in [-0.39, 0.29) is 11.3 Å². The van der Waals surface area contributed by atoms with E-state index in [9.17, 15) is 4.79 Å². The molecule has 4 fully saturated rings. The highest BCUT2D eigenvalue weighted by molar-refractivity contribution is 7.15. The Hall–Kier alpha value is -1.82. The summed E-state index contributed by atoms with van der Waals surface area (Å²) in [7, 11) is 0. The van der Waals surface area contributed by atoms with Crippen LogP contribution in [-0.4, -0.2) is 21.1 Å². The highest BCUT2D eigenvalue weighted by Crippen LogP contribution is 2.61. The zero-order chi connectivity index (χ0) is 17.0. The molecule has 5 nitrogen and oxygen atoms in total. The molecule has 0 atom stereocenters. The minimum atomic E-state index is -0.211. The molecule has 0 radical (unpaired) electrons. The zero-order valence-electron chi connectivity index (χ0n) is 14.4. The van der Waals surface area contributed by atoms with Gasteiger partial charge in [0.25, 0.3) is 5.91 Å². The summed E-state index contributed by atoms with van der Waals surface area (Å²) in [5.41, 5.74) is 1.49. The minimum Gasteiger partial charge on any atom is -0.295 e. The topological polar surface area (TPSA) is 67.8 Å². The van der Waals surface area contributed by atoms with Crippen molar-refractivity contribution in [3.05, 3.63) is 34.6 Å². The van der Waals surface area contributed by atoms with Crippen LogP contribution in [0.1, 0.15) is 59.7 Å². The van der Waals surface area contributed by atoms with E-state index in [0.717, 1.165) is 28.5 Å². The SMILES string of the molecule is Cc1cccc(C(=O)Nc2nnc(C34CC5CC(CC(C5)C3)C4)s2)n1. The van der Waals surface area contributed by atoms with Crippen molar-refractivity contribution in [1.82, 2.24) is 15.2 Å². The molecule has 6 rings (SSSR count). The summed E-state index contributed by atoms with van der Waals surface area (Å²) in [4.78, 5) is 16.7. The van der Waals surface area contributed by atoms with Crippen molar-refractivity contribution >= 4 is 22.4 Å². The van der Waals surface area contributed by atoms with E-state index in [4.69, 9.17) is 0 Å². The summed E-state index contributed by atoms with van der Waals surface area (Å²) < 4.78 is 0. The third-order valence-electron chi connectivity index (χ3n) is 6.26. The first-order valence-electron chi connectivity index (χ1n) is 9.19. The second-order valence-electron chi connectivity index (χ2n) is 8.23. The Labute approximate surface area is 151 Å². The highest BCUT2D eigenvalue weighted by atomic mass is 32.1. The van der Waals surface area contributed by atoms with Gasteiger partial charge >= 0.3 is 0 Å². The number of nitrogens with one attached hydrogen (secondary N) is 1. The van der Waals surface area contributed by atoms with E-state index in [1.54, 1.807) is 17.4 Å². The fraction of sp³-hybridized carbons (Fsp3) is 0.579. The van der Waals surface area contributed by atoms with Gasteiger partial charge in [-0.05, 0) is 75.3 Å². The fourth-order valence-corrected chi connectivity index (χ4v) is 6.65. The molecule has 2 aromatic rings. The number of anilines is 1. The lowest BCUT2D eigenvalue weighted by molar-refractivity contribution is -0.00555. The van der Waals surface area contributed by atoms with Crippen molar-refractivity contribution < 1.29 is 4.79 Å². The zero-order valence-corrected chi connectivity index (χ0v) is 15.2. The lowest BCUT2D eigenvalue weighted by atomic mass is 9.50. The standard InChI is InChI=1S/C19H22N4OS/c1-11-3-2-4-15(20-11)16(24)21-18-23-22-17(25-18)19-8-12-5-13(9-19)7-14(6-12)10-19/h2-4,12-14H,5-10H2,1H3,(H,21,23,24). The van der Waals surface area contributed by atoms with Crippen LogP contribution in [0.3, 0.4) is 0 Å². The number of pyridine rings is 1. The lowest BCUT2D eigenvalue weighted by Crippen LogP contribution is -2.48. The van der Waals surface area contributed by atoms with Crippen LogP contribution in [-0.2, 0) is 5.41 Å². The summed E-state index contributed by atoms with van der Waals surface area (Å²) in [5, 5.41) is 13.4. The number of carbonyl (C=O) groups is 1. The molecule has 0 aliphatic heterocycles. The van der Waals surface area contributed by atoms with Gasteiger partial charge < -0.3 is 0 Å². The maximum Gasteiger partial charge on any atom is 0.276 e. The van der Waals surface area contributed by atoms with Gasteiger partial charge in [-0.2, -0.15) is 0 Å². The maximum atomic E-state index is 12.4. The summed E-state index contributed by atoms with van der Waals surface area (Å²) in [6, 6.07) is 5.45. The number of rotatable bonds is 3. The average Bonchev–Trinajstić information content (AvgIpc) is 3.03. The van der Waals surface area contributed by atoms with Crippen LogP contribution >= 0.6 is 11.3 Å². The van der Waals surface area contributed by atoms with Gasteiger partial charge in [-0.15, -0.1) is 10.2 Å². The highest BCUT2D eigenvalue weighted by Gasteiger charge is 2.53. The van der Waals surface area contributed by atoms with Gasteiger partial charge in [-0.3, -0.25) is 10.1 Å². The Kier molecular flexibility index (Phi) is 3.45. The summed E-state index contributed by atoms with van der Waals surface area (Å²) in [6.07, 6.45) is 8.05. The lowest BCUT2D eigenvalue weighted by Gasteiger charge is -2.55. The number of amides is 1. The Morgan fingerprint density at radius 3 is 2.44 bits per heavy atom. The molecule has 2 aromatic heterocycles. The number of hydrogen-bond acceptors (Lipinski definition) is 5. The third-order valence-corrected chi connectivity index (χ3v) is 7.34. The van der Waals surface area contributed by atoms with E-state index in [1.165, 1.54) is 38.5 Å². The first-order valence-corrected chi connectivity index (χ1v) is 10.0. The van der Waals surface area contributed by atoms with E-state index < -0.39 is 0 Å². The summed E-state index contributed by atoms with van der Waals surface area (Å²) in [6.45, 7) is 1.88. The maximum absolute atomic E-state index is 12.4. The number of carbonyl (C=O) groups excluding carboxylic acids is 1. The van der Waals surface area contributed by atoms with Crippen LogP contribution in [0, 0.1) is 24.7 Å². The van der Waals surface area contributed by atoms with Gasteiger partial charge in [-0.25, -0.2) is 4.98 Å². The summed E-state index contributed by atoms with van der Waals surface area (Å²) >= 11 is 1.57. The predicted octanol–water partition coefficient (Wildman–Crippen LogP) is 3.96. The van der Waals surface area contributed by atoms with E-state index in [1.807, 2.05) is 19.1 Å². The molecule has 0 spiro atoms. The van der Waals surface area contributed by atoms with Crippen LogP contribution in [0.5, 0.6) is 0 Å². The normalized spacial score (nSPS) is 32.8. The molecule has 4 aliphatic rings.